The number of para-hydroxylation sites is 1. The van der Waals surface area contributed by atoms with Crippen LogP contribution < -0.4 is 5.73 Å². The SMILES string of the molecule is Nc1ccccc1C1CCc2cccnc21. The Morgan fingerprint density at radius 3 is 2.88 bits per heavy atom. The molecule has 2 heteroatoms. The van der Waals surface area contributed by atoms with Crippen molar-refractivity contribution in [1.29, 1.82) is 0 Å². The minimum absolute atomic E-state index is 0.386. The third-order valence-electron chi connectivity index (χ3n) is 3.33. The zero-order valence-electron chi connectivity index (χ0n) is 9.06. The third kappa shape index (κ3) is 1.38. The Morgan fingerprint density at radius 1 is 1.12 bits per heavy atom. The van der Waals surface area contributed by atoms with Gasteiger partial charge in [-0.1, -0.05) is 24.3 Å². The fourth-order valence-corrected chi connectivity index (χ4v) is 2.54. The molecule has 1 unspecified atom stereocenters. The van der Waals surface area contributed by atoms with Crippen molar-refractivity contribution in [1.82, 2.24) is 4.98 Å². The summed E-state index contributed by atoms with van der Waals surface area (Å²) in [4.78, 5) is 4.50. The minimum Gasteiger partial charge on any atom is -0.398 e. The van der Waals surface area contributed by atoms with Crippen molar-refractivity contribution in [2.45, 2.75) is 18.8 Å². The van der Waals surface area contributed by atoms with E-state index in [0.29, 0.717) is 5.92 Å². The molecule has 1 heterocycles. The molecule has 1 atom stereocenters. The molecule has 80 valence electrons. The van der Waals surface area contributed by atoms with Crippen LogP contribution in [0.2, 0.25) is 0 Å². The van der Waals surface area contributed by atoms with Gasteiger partial charge in [0.2, 0.25) is 0 Å². The van der Waals surface area contributed by atoms with Gasteiger partial charge in [-0.15, -0.1) is 0 Å². The summed E-state index contributed by atoms with van der Waals surface area (Å²) in [5.41, 5.74) is 10.7. The monoisotopic (exact) mass is 210 g/mol. The molecule has 16 heavy (non-hydrogen) atoms. The van der Waals surface area contributed by atoms with E-state index in [1.165, 1.54) is 16.8 Å². The lowest BCUT2D eigenvalue weighted by Gasteiger charge is -2.13. The van der Waals surface area contributed by atoms with Gasteiger partial charge in [-0.25, -0.2) is 0 Å². The van der Waals surface area contributed by atoms with Crippen LogP contribution in [0.3, 0.4) is 0 Å². The number of hydrogen-bond acceptors (Lipinski definition) is 2. The van der Waals surface area contributed by atoms with E-state index in [2.05, 4.69) is 17.1 Å². The molecule has 0 fully saturated rings. The van der Waals surface area contributed by atoms with Gasteiger partial charge in [0.1, 0.15) is 0 Å². The Bertz CT molecular complexity index is 520. The summed E-state index contributed by atoms with van der Waals surface area (Å²) in [6.45, 7) is 0. The lowest BCUT2D eigenvalue weighted by Crippen LogP contribution is -2.02. The van der Waals surface area contributed by atoms with E-state index in [4.69, 9.17) is 5.73 Å². The van der Waals surface area contributed by atoms with Crippen LogP contribution in [0.4, 0.5) is 5.69 Å². The highest BCUT2D eigenvalue weighted by Gasteiger charge is 2.25. The molecular formula is C14H14N2. The number of fused-ring (bicyclic) bond motifs is 1. The largest absolute Gasteiger partial charge is 0.398 e. The molecule has 2 aromatic rings. The lowest BCUT2D eigenvalue weighted by atomic mass is 9.95. The summed E-state index contributed by atoms with van der Waals surface area (Å²) < 4.78 is 0. The molecule has 1 aromatic carbocycles. The number of nitrogen functional groups attached to an aromatic ring is 1. The lowest BCUT2D eigenvalue weighted by molar-refractivity contribution is 0.774. The van der Waals surface area contributed by atoms with E-state index in [0.717, 1.165) is 18.5 Å². The summed E-state index contributed by atoms with van der Waals surface area (Å²) in [5.74, 6) is 0.386. The fourth-order valence-electron chi connectivity index (χ4n) is 2.54. The first-order valence-electron chi connectivity index (χ1n) is 5.64. The predicted octanol–water partition coefficient (Wildman–Crippen LogP) is 2.74. The van der Waals surface area contributed by atoms with Gasteiger partial charge in [0, 0.05) is 17.8 Å². The van der Waals surface area contributed by atoms with Crippen LogP contribution in [-0.4, -0.2) is 4.98 Å². The van der Waals surface area contributed by atoms with E-state index in [9.17, 15) is 0 Å². The average Bonchev–Trinajstić information content (AvgIpc) is 2.74. The first kappa shape index (κ1) is 9.40. The zero-order valence-corrected chi connectivity index (χ0v) is 9.06. The van der Waals surface area contributed by atoms with Gasteiger partial charge in [-0.3, -0.25) is 4.98 Å². The van der Waals surface area contributed by atoms with Crippen LogP contribution in [0.15, 0.2) is 42.6 Å². The molecule has 0 saturated carbocycles. The Hall–Kier alpha value is -1.83. The molecule has 0 aliphatic heterocycles. The molecule has 0 spiro atoms. The second-order valence-corrected chi connectivity index (χ2v) is 4.27. The number of pyridine rings is 1. The maximum atomic E-state index is 6.03. The van der Waals surface area contributed by atoms with Gasteiger partial charge >= 0.3 is 0 Å². The van der Waals surface area contributed by atoms with Crippen LogP contribution in [0.5, 0.6) is 0 Å². The highest BCUT2D eigenvalue weighted by Crippen LogP contribution is 2.38. The van der Waals surface area contributed by atoms with Crippen LogP contribution in [-0.2, 0) is 6.42 Å². The standard InChI is InChI=1S/C14H14N2/c15-13-6-2-1-5-11(13)12-8-7-10-4-3-9-16-14(10)12/h1-6,9,12H,7-8,15H2. The van der Waals surface area contributed by atoms with Gasteiger partial charge in [0.25, 0.3) is 0 Å². The van der Waals surface area contributed by atoms with E-state index in [1.807, 2.05) is 30.5 Å². The summed E-state index contributed by atoms with van der Waals surface area (Å²) in [6, 6.07) is 12.3. The Morgan fingerprint density at radius 2 is 2.00 bits per heavy atom. The number of aryl methyl sites for hydroxylation is 1. The minimum atomic E-state index is 0.386. The number of nitrogens with zero attached hydrogens (tertiary/aromatic N) is 1. The van der Waals surface area contributed by atoms with Crippen molar-refractivity contribution in [3.05, 3.63) is 59.4 Å². The number of rotatable bonds is 1. The molecule has 1 aromatic heterocycles. The topological polar surface area (TPSA) is 38.9 Å². The maximum absolute atomic E-state index is 6.03. The van der Waals surface area contributed by atoms with Crippen molar-refractivity contribution in [2.24, 2.45) is 0 Å². The van der Waals surface area contributed by atoms with Crippen molar-refractivity contribution in [3.8, 4) is 0 Å². The summed E-state index contributed by atoms with van der Waals surface area (Å²) in [6.07, 6.45) is 4.11. The summed E-state index contributed by atoms with van der Waals surface area (Å²) in [5, 5.41) is 0. The molecule has 0 amide bonds. The molecule has 0 radical (unpaired) electrons. The quantitative estimate of drug-likeness (QED) is 0.735. The van der Waals surface area contributed by atoms with Crippen LogP contribution in [0, 0.1) is 0 Å². The second-order valence-electron chi connectivity index (χ2n) is 4.27. The van der Waals surface area contributed by atoms with E-state index in [1.54, 1.807) is 0 Å². The molecule has 0 saturated heterocycles. The smallest absolute Gasteiger partial charge is 0.0511 e. The Labute approximate surface area is 95.1 Å². The maximum Gasteiger partial charge on any atom is 0.0511 e. The van der Waals surface area contributed by atoms with E-state index >= 15 is 0 Å². The highest BCUT2D eigenvalue weighted by molar-refractivity contribution is 5.52. The zero-order chi connectivity index (χ0) is 11.0. The first-order valence-corrected chi connectivity index (χ1v) is 5.64. The van der Waals surface area contributed by atoms with Crippen LogP contribution in [0.25, 0.3) is 0 Å². The fraction of sp³-hybridized carbons (Fsp3) is 0.214. The molecule has 2 nitrogen and oxygen atoms in total. The molecular weight excluding hydrogens is 196 g/mol. The van der Waals surface area contributed by atoms with Crippen LogP contribution >= 0.6 is 0 Å². The third-order valence-corrected chi connectivity index (χ3v) is 3.33. The molecule has 0 bridgehead atoms. The van der Waals surface area contributed by atoms with Gasteiger partial charge in [0.15, 0.2) is 0 Å². The van der Waals surface area contributed by atoms with Crippen molar-refractivity contribution < 1.29 is 0 Å². The van der Waals surface area contributed by atoms with Gasteiger partial charge in [-0.05, 0) is 36.1 Å². The Balaban J connectivity index is 2.08. The van der Waals surface area contributed by atoms with Gasteiger partial charge < -0.3 is 5.73 Å². The summed E-state index contributed by atoms with van der Waals surface area (Å²) >= 11 is 0. The van der Waals surface area contributed by atoms with Gasteiger partial charge in [0.05, 0.1) is 5.69 Å². The molecule has 1 aliphatic carbocycles. The van der Waals surface area contributed by atoms with E-state index in [-0.39, 0.29) is 0 Å². The van der Waals surface area contributed by atoms with Crippen LogP contribution in [0.1, 0.15) is 29.2 Å². The van der Waals surface area contributed by atoms with E-state index < -0.39 is 0 Å². The van der Waals surface area contributed by atoms with Crippen molar-refractivity contribution in [3.63, 3.8) is 0 Å². The van der Waals surface area contributed by atoms with Crippen molar-refractivity contribution in [2.75, 3.05) is 5.73 Å². The number of benzene rings is 1. The number of anilines is 1. The first-order chi connectivity index (χ1) is 7.86. The molecule has 3 rings (SSSR count). The normalized spacial score (nSPS) is 18.4. The number of aromatic nitrogens is 1. The Kier molecular flexibility index (Phi) is 2.13. The number of hydrogen-bond donors (Lipinski definition) is 1. The predicted molar refractivity (Wildman–Crippen MR) is 65.3 cm³/mol. The number of nitrogens with two attached hydrogens (primary N) is 1. The summed E-state index contributed by atoms with van der Waals surface area (Å²) in [7, 11) is 0. The second kappa shape index (κ2) is 3.63. The average molecular weight is 210 g/mol. The van der Waals surface area contributed by atoms with Gasteiger partial charge in [-0.2, -0.15) is 0 Å². The molecule has 2 N–H and O–H groups in total. The highest BCUT2D eigenvalue weighted by atomic mass is 14.7. The molecule has 1 aliphatic rings. The van der Waals surface area contributed by atoms with Crippen molar-refractivity contribution >= 4 is 5.69 Å².